The number of nitrogens with one attached hydrogen (secondary N) is 2. The molecule has 2 rings (SSSR count). The van der Waals surface area contributed by atoms with Crippen molar-refractivity contribution < 1.29 is 9.90 Å². The number of thiophene rings is 1. The monoisotopic (exact) mass is 308 g/mol. The molecule has 0 radical (unpaired) electrons. The highest BCUT2D eigenvalue weighted by Crippen LogP contribution is 2.24. The fraction of sp³-hybridized carbons (Fsp3) is 0.429. The van der Waals surface area contributed by atoms with Crippen LogP contribution in [0.1, 0.15) is 25.1 Å². The van der Waals surface area contributed by atoms with E-state index in [-0.39, 0.29) is 12.6 Å². The lowest BCUT2D eigenvalue weighted by Crippen LogP contribution is -2.40. The van der Waals surface area contributed by atoms with Crippen molar-refractivity contribution in [2.75, 3.05) is 11.9 Å². The van der Waals surface area contributed by atoms with Gasteiger partial charge in [0.25, 0.3) is 0 Å². The Morgan fingerprint density at radius 2 is 2.38 bits per heavy atom. The predicted octanol–water partition coefficient (Wildman–Crippen LogP) is 2.38. The minimum Gasteiger partial charge on any atom is -0.383 e. The number of nitrogens with zero attached hydrogens (tertiary/aromatic N) is 2. The normalized spacial score (nSPS) is 13.7. The van der Waals surface area contributed by atoms with Crippen LogP contribution in [0.3, 0.4) is 0 Å². The zero-order chi connectivity index (χ0) is 15.3. The van der Waals surface area contributed by atoms with E-state index in [4.69, 9.17) is 0 Å². The molecule has 21 heavy (non-hydrogen) atoms. The zero-order valence-corrected chi connectivity index (χ0v) is 13.0. The molecule has 6 nitrogen and oxygen atoms in total. The van der Waals surface area contributed by atoms with Crippen LogP contribution in [0.25, 0.3) is 0 Å². The molecule has 2 aromatic heterocycles. The van der Waals surface area contributed by atoms with Gasteiger partial charge >= 0.3 is 6.03 Å². The van der Waals surface area contributed by atoms with E-state index in [0.717, 1.165) is 17.8 Å². The summed E-state index contributed by atoms with van der Waals surface area (Å²) in [5, 5.41) is 21.7. The van der Waals surface area contributed by atoms with Gasteiger partial charge in [-0.1, -0.05) is 13.0 Å². The lowest BCUT2D eigenvalue weighted by atomic mass is 10.1. The van der Waals surface area contributed by atoms with Crippen molar-refractivity contribution in [3.63, 3.8) is 0 Å². The van der Waals surface area contributed by atoms with Crippen LogP contribution in [0.4, 0.5) is 10.5 Å². The maximum Gasteiger partial charge on any atom is 0.319 e. The van der Waals surface area contributed by atoms with Crippen molar-refractivity contribution in [2.24, 2.45) is 0 Å². The molecule has 0 bridgehead atoms. The Morgan fingerprint density at radius 1 is 1.57 bits per heavy atom. The van der Waals surface area contributed by atoms with Crippen LogP contribution < -0.4 is 10.6 Å². The number of rotatable bonds is 6. The fourth-order valence-electron chi connectivity index (χ4n) is 1.88. The third-order valence-electron chi connectivity index (χ3n) is 2.99. The molecule has 1 unspecified atom stereocenters. The molecular formula is C14H20N4O2S. The maximum absolute atomic E-state index is 11.8. The Balaban J connectivity index is 1.84. The first kappa shape index (κ1) is 15.5. The standard InChI is InChI=1S/C14H20N4O2S/c1-3-6-18-9-11(8-16-18)17-13(19)15-10-14(2,20)12-5-4-7-21-12/h4-5,7-9,20H,3,6,10H2,1-2H3,(H2,15,17,19). The average Bonchev–Trinajstić information content (AvgIpc) is 3.09. The molecule has 0 fully saturated rings. The summed E-state index contributed by atoms with van der Waals surface area (Å²) < 4.78 is 1.78. The molecule has 2 amide bonds. The number of hydrogen-bond acceptors (Lipinski definition) is 4. The zero-order valence-electron chi connectivity index (χ0n) is 12.2. The molecule has 2 aromatic rings. The number of urea groups is 1. The van der Waals surface area contributed by atoms with Gasteiger partial charge in [-0.05, 0) is 24.8 Å². The second-order valence-corrected chi connectivity index (χ2v) is 6.00. The number of aliphatic hydroxyl groups is 1. The molecule has 0 aliphatic carbocycles. The van der Waals surface area contributed by atoms with Crippen molar-refractivity contribution in [3.05, 3.63) is 34.8 Å². The summed E-state index contributed by atoms with van der Waals surface area (Å²) >= 11 is 1.46. The van der Waals surface area contributed by atoms with Crippen molar-refractivity contribution >= 4 is 23.1 Å². The molecule has 0 aliphatic rings. The van der Waals surface area contributed by atoms with Crippen molar-refractivity contribution in [1.82, 2.24) is 15.1 Å². The number of aromatic nitrogens is 2. The highest BCUT2D eigenvalue weighted by Gasteiger charge is 2.24. The summed E-state index contributed by atoms with van der Waals surface area (Å²) in [7, 11) is 0. The molecular weight excluding hydrogens is 288 g/mol. The van der Waals surface area contributed by atoms with E-state index in [1.165, 1.54) is 11.3 Å². The van der Waals surface area contributed by atoms with Crippen molar-refractivity contribution in [3.8, 4) is 0 Å². The number of anilines is 1. The smallest absolute Gasteiger partial charge is 0.319 e. The van der Waals surface area contributed by atoms with Crippen LogP contribution in [0.15, 0.2) is 29.9 Å². The van der Waals surface area contributed by atoms with E-state index in [0.29, 0.717) is 5.69 Å². The first-order valence-corrected chi connectivity index (χ1v) is 7.73. The first-order chi connectivity index (χ1) is 10.0. The Hall–Kier alpha value is -1.86. The number of carbonyl (C=O) groups is 1. The van der Waals surface area contributed by atoms with Crippen LogP contribution in [0.2, 0.25) is 0 Å². The number of aryl methyl sites for hydroxylation is 1. The summed E-state index contributed by atoms with van der Waals surface area (Å²) in [5.74, 6) is 0. The molecule has 7 heteroatoms. The Labute approximate surface area is 127 Å². The van der Waals surface area contributed by atoms with Gasteiger partial charge in [0.1, 0.15) is 5.60 Å². The molecule has 1 atom stereocenters. The highest BCUT2D eigenvalue weighted by atomic mass is 32.1. The van der Waals surface area contributed by atoms with Gasteiger partial charge in [-0.15, -0.1) is 11.3 Å². The third-order valence-corrected chi connectivity index (χ3v) is 4.11. The topological polar surface area (TPSA) is 79.2 Å². The van der Waals surface area contributed by atoms with E-state index >= 15 is 0 Å². The SMILES string of the molecule is CCCn1cc(NC(=O)NCC(C)(O)c2cccs2)cn1. The van der Waals surface area contributed by atoms with Gasteiger partial charge in [-0.25, -0.2) is 4.79 Å². The van der Waals surface area contributed by atoms with Gasteiger partial charge in [-0.2, -0.15) is 5.10 Å². The average molecular weight is 308 g/mol. The second kappa shape index (κ2) is 6.73. The summed E-state index contributed by atoms with van der Waals surface area (Å²) in [6.45, 7) is 4.70. The van der Waals surface area contributed by atoms with E-state index in [2.05, 4.69) is 22.7 Å². The maximum atomic E-state index is 11.8. The largest absolute Gasteiger partial charge is 0.383 e. The minimum absolute atomic E-state index is 0.141. The molecule has 2 heterocycles. The van der Waals surface area contributed by atoms with Gasteiger partial charge in [-0.3, -0.25) is 4.68 Å². The summed E-state index contributed by atoms with van der Waals surface area (Å²) in [6, 6.07) is 3.36. The van der Waals surface area contributed by atoms with E-state index in [1.807, 2.05) is 17.5 Å². The Bertz CT molecular complexity index is 578. The second-order valence-electron chi connectivity index (χ2n) is 5.05. The van der Waals surface area contributed by atoms with Gasteiger partial charge in [0, 0.05) is 17.6 Å². The molecule has 0 spiro atoms. The summed E-state index contributed by atoms with van der Waals surface area (Å²) in [6.07, 6.45) is 4.37. The summed E-state index contributed by atoms with van der Waals surface area (Å²) in [5.41, 5.74) is -0.436. The predicted molar refractivity (Wildman–Crippen MR) is 83.4 cm³/mol. The van der Waals surface area contributed by atoms with Crippen LogP contribution in [0.5, 0.6) is 0 Å². The molecule has 3 N–H and O–H groups in total. The minimum atomic E-state index is -1.07. The number of amides is 2. The molecule has 0 saturated heterocycles. The van der Waals surface area contributed by atoms with Gasteiger partial charge in [0.2, 0.25) is 0 Å². The van der Waals surface area contributed by atoms with Crippen LogP contribution in [0, 0.1) is 0 Å². The Morgan fingerprint density at radius 3 is 3.05 bits per heavy atom. The van der Waals surface area contributed by atoms with E-state index in [1.54, 1.807) is 24.0 Å². The quantitative estimate of drug-likeness (QED) is 0.766. The Kier molecular flexibility index (Phi) is 4.98. The lowest BCUT2D eigenvalue weighted by Gasteiger charge is -2.22. The van der Waals surface area contributed by atoms with Crippen molar-refractivity contribution in [1.29, 1.82) is 0 Å². The van der Waals surface area contributed by atoms with Crippen LogP contribution >= 0.6 is 11.3 Å². The first-order valence-electron chi connectivity index (χ1n) is 6.85. The fourth-order valence-corrected chi connectivity index (χ4v) is 2.67. The molecule has 114 valence electrons. The molecule has 0 aliphatic heterocycles. The van der Waals surface area contributed by atoms with Crippen LogP contribution in [-0.4, -0.2) is 27.5 Å². The van der Waals surface area contributed by atoms with Gasteiger partial charge in [0.15, 0.2) is 0 Å². The molecule has 0 aromatic carbocycles. The highest BCUT2D eigenvalue weighted by molar-refractivity contribution is 7.10. The molecule has 0 saturated carbocycles. The van der Waals surface area contributed by atoms with Gasteiger partial charge in [0.05, 0.1) is 18.4 Å². The van der Waals surface area contributed by atoms with E-state index in [9.17, 15) is 9.90 Å². The third kappa shape index (κ3) is 4.30. The van der Waals surface area contributed by atoms with Gasteiger partial charge < -0.3 is 15.7 Å². The van der Waals surface area contributed by atoms with Crippen LogP contribution in [-0.2, 0) is 12.1 Å². The number of hydrogen-bond donors (Lipinski definition) is 3. The van der Waals surface area contributed by atoms with Crippen molar-refractivity contribution in [2.45, 2.75) is 32.4 Å². The number of carbonyl (C=O) groups excluding carboxylic acids is 1. The van der Waals surface area contributed by atoms with E-state index < -0.39 is 5.60 Å². The summed E-state index contributed by atoms with van der Waals surface area (Å²) in [4.78, 5) is 12.6. The lowest BCUT2D eigenvalue weighted by molar-refractivity contribution is 0.0637.